The van der Waals surface area contributed by atoms with Crippen LogP contribution in [-0.2, 0) is 4.79 Å². The van der Waals surface area contributed by atoms with Crippen molar-refractivity contribution in [3.63, 3.8) is 0 Å². The van der Waals surface area contributed by atoms with Crippen molar-refractivity contribution in [2.75, 3.05) is 0 Å². The Balaban J connectivity index is 2.27. The average Bonchev–Trinajstić information content (AvgIpc) is 2.31. The van der Waals surface area contributed by atoms with Crippen LogP contribution in [0.4, 0.5) is 0 Å². The molecule has 0 aromatic rings. The van der Waals surface area contributed by atoms with Crippen molar-refractivity contribution in [3.05, 3.63) is 0 Å². The minimum atomic E-state index is -0.0602. The van der Waals surface area contributed by atoms with Crippen LogP contribution in [-0.4, -0.2) is 21.3 Å². The highest BCUT2D eigenvalue weighted by atomic mass is 32.2. The van der Waals surface area contributed by atoms with Crippen molar-refractivity contribution in [1.29, 1.82) is 0 Å². The van der Waals surface area contributed by atoms with E-state index in [1.807, 2.05) is 0 Å². The molecule has 2 aliphatic rings. The predicted molar refractivity (Wildman–Crippen MR) is 45.2 cm³/mol. The van der Waals surface area contributed by atoms with Crippen LogP contribution < -0.4 is 0 Å². The molecule has 1 unspecified atom stereocenters. The van der Waals surface area contributed by atoms with E-state index < -0.39 is 0 Å². The Morgan fingerprint density at radius 3 is 3.36 bits per heavy atom. The molecule has 1 amide bonds. The molecule has 60 valence electrons. The van der Waals surface area contributed by atoms with Gasteiger partial charge in [0.25, 0.3) is 0 Å². The summed E-state index contributed by atoms with van der Waals surface area (Å²) < 4.78 is 0. The maximum Gasteiger partial charge on any atom is 0.244 e. The van der Waals surface area contributed by atoms with Gasteiger partial charge in [0.15, 0.2) is 0 Å². The molecule has 0 radical (unpaired) electrons. The zero-order chi connectivity index (χ0) is 7.90. The van der Waals surface area contributed by atoms with Gasteiger partial charge in [-0.3, -0.25) is 4.79 Å². The Hall–Kier alpha value is -0.510. The SMILES string of the molecule is CC12CCCC(=O)N1N=CS2. The summed E-state index contributed by atoms with van der Waals surface area (Å²) in [6.45, 7) is 2.07. The van der Waals surface area contributed by atoms with Crippen molar-refractivity contribution in [1.82, 2.24) is 5.01 Å². The van der Waals surface area contributed by atoms with E-state index in [9.17, 15) is 4.79 Å². The smallest absolute Gasteiger partial charge is 0.244 e. The molecule has 1 atom stereocenters. The summed E-state index contributed by atoms with van der Waals surface area (Å²) in [5.41, 5.74) is 1.77. The van der Waals surface area contributed by atoms with Gasteiger partial charge < -0.3 is 0 Å². The van der Waals surface area contributed by atoms with Gasteiger partial charge in [0.2, 0.25) is 5.91 Å². The van der Waals surface area contributed by atoms with Crippen molar-refractivity contribution >= 4 is 23.2 Å². The topological polar surface area (TPSA) is 32.7 Å². The first-order valence-electron chi connectivity index (χ1n) is 3.76. The second-order valence-corrected chi connectivity index (χ2v) is 4.40. The number of amides is 1. The maximum absolute atomic E-state index is 11.3. The molecule has 0 aromatic heterocycles. The second-order valence-electron chi connectivity index (χ2n) is 3.07. The highest BCUT2D eigenvalue weighted by Crippen LogP contribution is 2.40. The lowest BCUT2D eigenvalue weighted by molar-refractivity contribution is -0.136. The Bertz CT molecular complexity index is 228. The van der Waals surface area contributed by atoms with Crippen LogP contribution in [0.1, 0.15) is 26.2 Å². The molecule has 11 heavy (non-hydrogen) atoms. The monoisotopic (exact) mass is 170 g/mol. The lowest BCUT2D eigenvalue weighted by atomic mass is 10.0. The molecule has 2 rings (SSSR count). The van der Waals surface area contributed by atoms with E-state index in [0.717, 1.165) is 12.8 Å². The zero-order valence-electron chi connectivity index (χ0n) is 6.41. The fraction of sp³-hybridized carbons (Fsp3) is 0.714. The summed E-state index contributed by atoms with van der Waals surface area (Å²) in [5, 5.41) is 5.66. The minimum absolute atomic E-state index is 0.0602. The first kappa shape index (κ1) is 7.16. The molecule has 0 aliphatic carbocycles. The van der Waals surface area contributed by atoms with Crippen LogP contribution in [0.3, 0.4) is 0 Å². The molecule has 4 heteroatoms. The summed E-state index contributed by atoms with van der Waals surface area (Å²) in [6.07, 6.45) is 2.72. The number of rotatable bonds is 0. The maximum atomic E-state index is 11.3. The van der Waals surface area contributed by atoms with Crippen LogP contribution in [0, 0.1) is 0 Å². The number of hydrazone groups is 1. The number of hydrogen-bond acceptors (Lipinski definition) is 3. The zero-order valence-corrected chi connectivity index (χ0v) is 7.23. The van der Waals surface area contributed by atoms with Gasteiger partial charge in [-0.1, -0.05) is 11.8 Å². The Labute approximate surface area is 69.8 Å². The van der Waals surface area contributed by atoms with E-state index in [1.54, 1.807) is 22.3 Å². The van der Waals surface area contributed by atoms with Crippen molar-refractivity contribution in [2.24, 2.45) is 5.10 Å². The fourth-order valence-corrected chi connectivity index (χ4v) is 2.40. The summed E-state index contributed by atoms with van der Waals surface area (Å²) in [6, 6.07) is 0. The summed E-state index contributed by atoms with van der Waals surface area (Å²) in [7, 11) is 0. The van der Waals surface area contributed by atoms with Gasteiger partial charge in [0.1, 0.15) is 4.87 Å². The Morgan fingerprint density at radius 2 is 2.64 bits per heavy atom. The van der Waals surface area contributed by atoms with Gasteiger partial charge in [-0.25, -0.2) is 5.01 Å². The number of piperidine rings is 1. The third-order valence-electron chi connectivity index (χ3n) is 2.18. The third kappa shape index (κ3) is 0.965. The van der Waals surface area contributed by atoms with Gasteiger partial charge in [-0.15, -0.1) is 0 Å². The van der Waals surface area contributed by atoms with Gasteiger partial charge in [0, 0.05) is 6.42 Å². The van der Waals surface area contributed by atoms with Gasteiger partial charge in [-0.05, 0) is 19.8 Å². The molecule has 0 aromatic carbocycles. The van der Waals surface area contributed by atoms with E-state index in [0.29, 0.717) is 6.42 Å². The Kier molecular flexibility index (Phi) is 1.45. The predicted octanol–water partition coefficient (Wildman–Crippen LogP) is 1.41. The van der Waals surface area contributed by atoms with E-state index in [1.165, 1.54) is 0 Å². The van der Waals surface area contributed by atoms with E-state index in [4.69, 9.17) is 0 Å². The molecular weight excluding hydrogens is 160 g/mol. The molecule has 3 nitrogen and oxygen atoms in total. The third-order valence-corrected chi connectivity index (χ3v) is 3.27. The molecule has 1 fully saturated rings. The normalized spacial score (nSPS) is 36.1. The van der Waals surface area contributed by atoms with Crippen molar-refractivity contribution < 1.29 is 4.79 Å². The van der Waals surface area contributed by atoms with E-state index >= 15 is 0 Å². The highest BCUT2D eigenvalue weighted by molar-refractivity contribution is 8.13. The number of nitrogens with zero attached hydrogens (tertiary/aromatic N) is 2. The van der Waals surface area contributed by atoms with Gasteiger partial charge >= 0.3 is 0 Å². The number of fused-ring (bicyclic) bond motifs is 1. The van der Waals surface area contributed by atoms with Gasteiger partial charge in [-0.2, -0.15) is 5.10 Å². The molecule has 2 aliphatic heterocycles. The lowest BCUT2D eigenvalue weighted by Crippen LogP contribution is -2.44. The molecular formula is C7H10N2OS. The molecule has 0 bridgehead atoms. The Morgan fingerprint density at radius 1 is 1.82 bits per heavy atom. The minimum Gasteiger partial charge on any atom is -0.273 e. The second kappa shape index (κ2) is 2.24. The first-order valence-corrected chi connectivity index (χ1v) is 4.64. The largest absolute Gasteiger partial charge is 0.273 e. The molecule has 2 heterocycles. The highest BCUT2D eigenvalue weighted by Gasteiger charge is 2.41. The summed E-state index contributed by atoms with van der Waals surface area (Å²) in [4.78, 5) is 11.2. The van der Waals surface area contributed by atoms with Crippen LogP contribution in [0.5, 0.6) is 0 Å². The van der Waals surface area contributed by atoms with Gasteiger partial charge in [0.05, 0.1) is 5.55 Å². The molecule has 0 N–H and O–H groups in total. The summed E-state index contributed by atoms with van der Waals surface area (Å²) in [5.74, 6) is 0.167. The van der Waals surface area contributed by atoms with E-state index in [-0.39, 0.29) is 10.8 Å². The summed E-state index contributed by atoms with van der Waals surface area (Å²) >= 11 is 1.65. The molecule has 0 saturated carbocycles. The number of carbonyl (C=O) groups is 1. The van der Waals surface area contributed by atoms with Crippen LogP contribution in [0.2, 0.25) is 0 Å². The molecule has 1 saturated heterocycles. The quantitative estimate of drug-likeness (QED) is 0.550. The van der Waals surface area contributed by atoms with Crippen LogP contribution in [0.15, 0.2) is 5.10 Å². The van der Waals surface area contributed by atoms with E-state index in [2.05, 4.69) is 12.0 Å². The lowest BCUT2D eigenvalue weighted by Gasteiger charge is -2.35. The van der Waals surface area contributed by atoms with Crippen LogP contribution in [0.25, 0.3) is 0 Å². The first-order chi connectivity index (χ1) is 5.22. The number of hydrogen-bond donors (Lipinski definition) is 0. The number of carbonyl (C=O) groups excluding carboxylic acids is 1. The molecule has 0 spiro atoms. The standard InChI is InChI=1S/C7H10N2OS/c1-7-4-2-3-6(10)9(7)8-5-11-7/h5H,2-4H2,1H3. The average molecular weight is 170 g/mol. The van der Waals surface area contributed by atoms with Crippen molar-refractivity contribution in [2.45, 2.75) is 31.1 Å². The van der Waals surface area contributed by atoms with Crippen molar-refractivity contribution in [3.8, 4) is 0 Å². The number of thioether (sulfide) groups is 1. The fourth-order valence-electron chi connectivity index (χ4n) is 1.52. The van der Waals surface area contributed by atoms with Crippen LogP contribution >= 0.6 is 11.8 Å².